The van der Waals surface area contributed by atoms with Crippen LogP contribution in [-0.4, -0.2) is 91.2 Å². The Morgan fingerprint density at radius 2 is 1.55 bits per heavy atom. The molecule has 14 heteroatoms. The smallest absolute Gasteiger partial charge is 0.320 e. The quantitative estimate of drug-likeness (QED) is 0.346. The number of hydrogen-bond acceptors (Lipinski definition) is 7. The van der Waals surface area contributed by atoms with E-state index in [-0.39, 0.29) is 29.3 Å². The van der Waals surface area contributed by atoms with E-state index >= 15 is 0 Å². The van der Waals surface area contributed by atoms with Crippen molar-refractivity contribution >= 4 is 46.5 Å². The number of nitrogens with zero attached hydrogens (tertiary/aromatic N) is 3. The van der Waals surface area contributed by atoms with Crippen LogP contribution in [-0.2, 0) is 9.53 Å². The van der Waals surface area contributed by atoms with Crippen LogP contribution in [0.2, 0.25) is 0 Å². The number of aliphatic carboxylic acids is 1. The van der Waals surface area contributed by atoms with Crippen LogP contribution in [0.5, 0.6) is 0 Å². The van der Waals surface area contributed by atoms with E-state index in [4.69, 9.17) is 4.74 Å². The number of halogens is 2. The molecule has 3 aromatic rings. The van der Waals surface area contributed by atoms with Gasteiger partial charge >= 0.3 is 12.0 Å². The number of carbonyl (C=O) groups excluding carboxylic acids is 3. The second-order valence-electron chi connectivity index (χ2n) is 10.3. The number of benzene rings is 2. The van der Waals surface area contributed by atoms with Gasteiger partial charge in [0.05, 0.1) is 37.1 Å². The molecule has 2 aromatic carbocycles. The molecular formula is C30H31F2N5O6S. The number of ether oxygens (including phenoxy) is 1. The van der Waals surface area contributed by atoms with E-state index in [0.717, 1.165) is 18.2 Å². The third-order valence-corrected chi connectivity index (χ3v) is 8.42. The molecule has 0 radical (unpaired) electrons. The van der Waals surface area contributed by atoms with Crippen molar-refractivity contribution in [2.45, 2.75) is 12.5 Å². The fourth-order valence-electron chi connectivity index (χ4n) is 5.11. The lowest BCUT2D eigenvalue weighted by molar-refractivity contribution is -0.137. The molecule has 2 aliphatic rings. The van der Waals surface area contributed by atoms with Gasteiger partial charge in [0.25, 0.3) is 11.8 Å². The molecule has 1 aromatic heterocycles. The number of morpholine rings is 1. The number of nitrogens with one attached hydrogen (secondary N) is 2. The maximum absolute atomic E-state index is 13.9. The van der Waals surface area contributed by atoms with Crippen LogP contribution in [0.1, 0.15) is 38.1 Å². The number of anilines is 2. The van der Waals surface area contributed by atoms with Gasteiger partial charge < -0.3 is 35.2 Å². The molecule has 232 valence electrons. The average Bonchev–Trinajstić information content (AvgIpc) is 3.57. The number of carbonyl (C=O) groups is 4. The highest BCUT2D eigenvalue weighted by molar-refractivity contribution is 7.10. The Bertz CT molecular complexity index is 1520. The largest absolute Gasteiger partial charge is 0.481 e. The third kappa shape index (κ3) is 7.32. The first-order chi connectivity index (χ1) is 21.2. The van der Waals surface area contributed by atoms with Crippen LogP contribution in [0.4, 0.5) is 25.0 Å². The molecule has 44 heavy (non-hydrogen) atoms. The molecule has 1 unspecified atom stereocenters. The molecule has 2 fully saturated rings. The maximum Gasteiger partial charge on any atom is 0.320 e. The highest BCUT2D eigenvalue weighted by Crippen LogP contribution is 2.30. The highest BCUT2D eigenvalue weighted by Gasteiger charge is 2.28. The lowest BCUT2D eigenvalue weighted by Crippen LogP contribution is -2.54. The van der Waals surface area contributed by atoms with Crippen molar-refractivity contribution in [3.8, 4) is 0 Å². The van der Waals surface area contributed by atoms with Gasteiger partial charge in [-0.3, -0.25) is 14.4 Å². The second-order valence-corrected chi connectivity index (χ2v) is 11.3. The zero-order valence-corrected chi connectivity index (χ0v) is 24.4. The summed E-state index contributed by atoms with van der Waals surface area (Å²) in [6.07, 6.45) is -0.322. The molecule has 2 saturated heterocycles. The fourth-order valence-corrected chi connectivity index (χ4v) is 5.88. The summed E-state index contributed by atoms with van der Waals surface area (Å²) in [5.41, 5.74) is 0.842. The first kappa shape index (κ1) is 30.9. The molecule has 0 bridgehead atoms. The number of urea groups is 1. The molecule has 0 aliphatic carbocycles. The summed E-state index contributed by atoms with van der Waals surface area (Å²) < 4.78 is 32.7. The normalized spacial score (nSPS) is 15.9. The van der Waals surface area contributed by atoms with Crippen molar-refractivity contribution in [2.75, 3.05) is 62.7 Å². The third-order valence-electron chi connectivity index (χ3n) is 7.43. The van der Waals surface area contributed by atoms with Gasteiger partial charge in [-0.25, -0.2) is 13.6 Å². The summed E-state index contributed by atoms with van der Waals surface area (Å²) in [6.45, 7) is 3.78. The van der Waals surface area contributed by atoms with Gasteiger partial charge in [-0.1, -0.05) is 6.07 Å². The lowest BCUT2D eigenvalue weighted by atomic mass is 10.1. The summed E-state index contributed by atoms with van der Waals surface area (Å²) >= 11 is 1.32. The molecular weight excluding hydrogens is 596 g/mol. The number of carboxylic acid groups (broad SMARTS) is 1. The minimum absolute atomic E-state index is 0.0616. The highest BCUT2D eigenvalue weighted by atomic mass is 32.1. The van der Waals surface area contributed by atoms with E-state index in [1.807, 2.05) is 4.90 Å². The van der Waals surface area contributed by atoms with Gasteiger partial charge in [-0.15, -0.1) is 11.3 Å². The van der Waals surface area contributed by atoms with Crippen molar-refractivity contribution in [1.29, 1.82) is 0 Å². The van der Waals surface area contributed by atoms with Crippen LogP contribution >= 0.6 is 11.3 Å². The fraction of sp³-hybridized carbons (Fsp3) is 0.333. The van der Waals surface area contributed by atoms with Crippen molar-refractivity contribution in [3.05, 3.63) is 81.5 Å². The monoisotopic (exact) mass is 627 g/mol. The molecule has 5 rings (SSSR count). The molecule has 0 spiro atoms. The van der Waals surface area contributed by atoms with E-state index in [1.54, 1.807) is 39.4 Å². The number of thiophene rings is 1. The van der Waals surface area contributed by atoms with E-state index in [2.05, 4.69) is 10.6 Å². The van der Waals surface area contributed by atoms with Crippen LogP contribution in [0.15, 0.2) is 53.9 Å². The number of carboxylic acids is 1. The maximum atomic E-state index is 13.9. The van der Waals surface area contributed by atoms with Gasteiger partial charge in [0.1, 0.15) is 0 Å². The van der Waals surface area contributed by atoms with Crippen LogP contribution < -0.4 is 15.5 Å². The Hall–Kier alpha value is -4.56. The number of hydrogen-bond donors (Lipinski definition) is 3. The first-order valence-electron chi connectivity index (χ1n) is 14.0. The van der Waals surface area contributed by atoms with E-state index in [0.29, 0.717) is 63.0 Å². The molecule has 3 heterocycles. The van der Waals surface area contributed by atoms with E-state index in [1.165, 1.54) is 17.4 Å². The zero-order valence-electron chi connectivity index (χ0n) is 23.6. The molecule has 1 atom stereocenters. The number of piperazine rings is 1. The Balaban J connectivity index is 1.37. The van der Waals surface area contributed by atoms with Crippen LogP contribution in [0, 0.1) is 11.6 Å². The van der Waals surface area contributed by atoms with Gasteiger partial charge in [-0.2, -0.15) is 0 Å². The van der Waals surface area contributed by atoms with E-state index < -0.39 is 35.5 Å². The molecule has 2 aliphatic heterocycles. The predicted molar refractivity (Wildman–Crippen MR) is 159 cm³/mol. The van der Waals surface area contributed by atoms with Crippen molar-refractivity contribution in [2.24, 2.45) is 0 Å². The number of rotatable bonds is 8. The molecule has 4 amide bonds. The summed E-state index contributed by atoms with van der Waals surface area (Å²) in [4.78, 5) is 57.0. The molecule has 0 saturated carbocycles. The average molecular weight is 628 g/mol. The Labute approximate surface area is 256 Å². The summed E-state index contributed by atoms with van der Waals surface area (Å²) in [5, 5.41) is 16.6. The van der Waals surface area contributed by atoms with Crippen LogP contribution in [0.3, 0.4) is 0 Å². The van der Waals surface area contributed by atoms with Gasteiger partial charge in [-0.05, 0) is 47.8 Å². The van der Waals surface area contributed by atoms with Gasteiger partial charge in [0.2, 0.25) is 0 Å². The van der Waals surface area contributed by atoms with Gasteiger partial charge in [0.15, 0.2) is 11.6 Å². The zero-order chi connectivity index (χ0) is 31.2. The van der Waals surface area contributed by atoms with Crippen LogP contribution in [0.25, 0.3) is 0 Å². The van der Waals surface area contributed by atoms with E-state index in [9.17, 15) is 33.1 Å². The predicted octanol–water partition coefficient (Wildman–Crippen LogP) is 3.80. The number of amides is 4. The molecule has 3 N–H and O–H groups in total. The summed E-state index contributed by atoms with van der Waals surface area (Å²) in [5.74, 6) is -4.62. The minimum atomic E-state index is -1.18. The second kappa shape index (κ2) is 13.8. The summed E-state index contributed by atoms with van der Waals surface area (Å²) in [6, 6.07) is 10.1. The lowest BCUT2D eigenvalue weighted by Gasteiger charge is -2.39. The minimum Gasteiger partial charge on any atom is -0.481 e. The first-order valence-corrected chi connectivity index (χ1v) is 14.9. The Morgan fingerprint density at radius 1 is 0.864 bits per heavy atom. The Kier molecular flexibility index (Phi) is 9.70. The SMILES string of the molecule is O=C(O)CC(NC(=O)c1ccc(N2CCN(C(=O)N3CCOCC3)CC2)c(NC(=O)c2ccc(F)c(F)c2)c1)c1cccs1. The standard InChI is InChI=1S/C30H31F2N5O6S/c31-21-5-3-19(16-22(21)32)28(40)33-23-17-20(29(41)34-24(18-27(38)39)26-2-1-15-44-26)4-6-25(23)35-7-9-36(10-8-35)30(42)37-11-13-43-14-12-37/h1-6,15-17,24H,7-14,18H2,(H,33,40)(H,34,41)(H,38,39). The topological polar surface area (TPSA) is 132 Å². The summed E-state index contributed by atoms with van der Waals surface area (Å²) in [7, 11) is 0. The van der Waals surface area contributed by atoms with Gasteiger partial charge in [0, 0.05) is 55.3 Å². The van der Waals surface area contributed by atoms with Crippen molar-refractivity contribution in [3.63, 3.8) is 0 Å². The molecule has 11 nitrogen and oxygen atoms in total. The Morgan fingerprint density at radius 3 is 2.20 bits per heavy atom. The van der Waals surface area contributed by atoms with Crippen molar-refractivity contribution in [1.82, 2.24) is 15.1 Å². The van der Waals surface area contributed by atoms with Crippen molar-refractivity contribution < 1.29 is 37.8 Å².